The standard InChI is InChI=1S/C7H10OS/c1-6-2-4-7(8-9)5-3-6/h2,4,9H,3,5H2,1H3. The molecule has 0 aliphatic heterocycles. The zero-order valence-electron chi connectivity index (χ0n) is 5.42. The van der Waals surface area contributed by atoms with Crippen LogP contribution in [0, 0.1) is 0 Å². The molecule has 0 bridgehead atoms. The molecular formula is C7H10OS. The van der Waals surface area contributed by atoms with Crippen molar-refractivity contribution in [3.8, 4) is 0 Å². The minimum Gasteiger partial charge on any atom is -0.433 e. The summed E-state index contributed by atoms with van der Waals surface area (Å²) in [5, 5.41) is 0. The van der Waals surface area contributed by atoms with Gasteiger partial charge in [-0.25, -0.2) is 0 Å². The van der Waals surface area contributed by atoms with Crippen molar-refractivity contribution >= 4 is 12.9 Å². The summed E-state index contributed by atoms with van der Waals surface area (Å²) in [4.78, 5) is 0. The van der Waals surface area contributed by atoms with E-state index in [-0.39, 0.29) is 0 Å². The van der Waals surface area contributed by atoms with E-state index in [4.69, 9.17) is 4.18 Å². The Morgan fingerprint density at radius 2 is 2.22 bits per heavy atom. The molecule has 1 nitrogen and oxygen atoms in total. The molecule has 0 saturated heterocycles. The van der Waals surface area contributed by atoms with Crippen LogP contribution in [-0.4, -0.2) is 0 Å². The lowest BCUT2D eigenvalue weighted by atomic mass is 10.1. The lowest BCUT2D eigenvalue weighted by Crippen LogP contribution is -1.89. The first-order valence-corrected chi connectivity index (χ1v) is 3.37. The summed E-state index contributed by atoms with van der Waals surface area (Å²) in [6, 6.07) is 0. The third-order valence-corrected chi connectivity index (χ3v) is 1.67. The minimum atomic E-state index is 0.962. The van der Waals surface area contributed by atoms with Crippen molar-refractivity contribution in [3.63, 3.8) is 0 Å². The van der Waals surface area contributed by atoms with Crippen LogP contribution in [0.1, 0.15) is 19.8 Å². The number of allylic oxidation sites excluding steroid dienone is 4. The zero-order valence-corrected chi connectivity index (χ0v) is 6.32. The summed E-state index contributed by atoms with van der Waals surface area (Å²) in [7, 11) is 0. The second kappa shape index (κ2) is 2.97. The summed E-state index contributed by atoms with van der Waals surface area (Å²) >= 11 is 3.70. The van der Waals surface area contributed by atoms with Crippen molar-refractivity contribution < 1.29 is 4.18 Å². The molecule has 0 aromatic carbocycles. The first-order chi connectivity index (χ1) is 4.33. The Balaban J connectivity index is 2.59. The molecule has 50 valence electrons. The molecule has 0 unspecified atom stereocenters. The summed E-state index contributed by atoms with van der Waals surface area (Å²) in [5.74, 6) is 0.962. The summed E-state index contributed by atoms with van der Waals surface area (Å²) in [6.07, 6.45) is 6.12. The number of rotatable bonds is 1. The molecular weight excluding hydrogens is 132 g/mol. The molecule has 1 aliphatic carbocycles. The van der Waals surface area contributed by atoms with Crippen LogP contribution in [0.5, 0.6) is 0 Å². The molecule has 0 fully saturated rings. The van der Waals surface area contributed by atoms with Crippen molar-refractivity contribution in [2.45, 2.75) is 19.8 Å². The van der Waals surface area contributed by atoms with Gasteiger partial charge in [0.25, 0.3) is 0 Å². The molecule has 0 atom stereocenters. The van der Waals surface area contributed by atoms with Gasteiger partial charge >= 0.3 is 0 Å². The molecule has 0 amide bonds. The Bertz CT molecular complexity index is 158. The highest BCUT2D eigenvalue weighted by molar-refractivity contribution is 7.75. The van der Waals surface area contributed by atoms with Crippen LogP contribution < -0.4 is 0 Å². The highest BCUT2D eigenvalue weighted by Crippen LogP contribution is 2.18. The quantitative estimate of drug-likeness (QED) is 0.437. The predicted molar refractivity (Wildman–Crippen MR) is 41.1 cm³/mol. The van der Waals surface area contributed by atoms with Gasteiger partial charge in [-0.3, -0.25) is 0 Å². The van der Waals surface area contributed by atoms with Crippen LogP contribution in [0.3, 0.4) is 0 Å². The second-order valence-corrected chi connectivity index (χ2v) is 2.42. The van der Waals surface area contributed by atoms with E-state index in [1.54, 1.807) is 0 Å². The Labute approximate surface area is 61.0 Å². The monoisotopic (exact) mass is 142 g/mol. The topological polar surface area (TPSA) is 9.23 Å². The van der Waals surface area contributed by atoms with Gasteiger partial charge in [0, 0.05) is 19.3 Å². The average Bonchev–Trinajstić information content (AvgIpc) is 1.90. The van der Waals surface area contributed by atoms with E-state index >= 15 is 0 Å². The molecule has 0 heterocycles. The molecule has 1 aliphatic rings. The van der Waals surface area contributed by atoms with E-state index in [1.165, 1.54) is 5.57 Å². The SMILES string of the molecule is CC1=CC=C(OS)CC1. The van der Waals surface area contributed by atoms with Gasteiger partial charge in [0.05, 0.1) is 0 Å². The first kappa shape index (κ1) is 6.75. The van der Waals surface area contributed by atoms with Gasteiger partial charge in [-0.05, 0) is 19.4 Å². The lowest BCUT2D eigenvalue weighted by Gasteiger charge is -2.08. The highest BCUT2D eigenvalue weighted by Gasteiger charge is 2.01. The van der Waals surface area contributed by atoms with Crippen molar-refractivity contribution in [1.29, 1.82) is 0 Å². The Hall–Kier alpha value is -0.370. The maximum absolute atomic E-state index is 4.75. The van der Waals surface area contributed by atoms with Crippen molar-refractivity contribution in [3.05, 3.63) is 23.5 Å². The second-order valence-electron chi connectivity index (χ2n) is 2.24. The van der Waals surface area contributed by atoms with E-state index in [0.29, 0.717) is 0 Å². The molecule has 9 heavy (non-hydrogen) atoms. The molecule has 0 aromatic rings. The molecule has 0 aromatic heterocycles. The molecule has 2 heteroatoms. The minimum absolute atomic E-state index is 0.962. The van der Waals surface area contributed by atoms with E-state index in [9.17, 15) is 0 Å². The zero-order chi connectivity index (χ0) is 6.69. The Morgan fingerprint density at radius 1 is 1.44 bits per heavy atom. The number of hydrogen-bond acceptors (Lipinski definition) is 2. The van der Waals surface area contributed by atoms with Gasteiger partial charge in [-0.2, -0.15) is 0 Å². The number of hydrogen-bond donors (Lipinski definition) is 1. The summed E-state index contributed by atoms with van der Waals surface area (Å²) < 4.78 is 4.75. The molecule has 1 rings (SSSR count). The van der Waals surface area contributed by atoms with Gasteiger partial charge in [0.2, 0.25) is 0 Å². The lowest BCUT2D eigenvalue weighted by molar-refractivity contribution is 0.474. The van der Waals surface area contributed by atoms with Gasteiger partial charge in [-0.1, -0.05) is 11.6 Å². The van der Waals surface area contributed by atoms with Crippen LogP contribution in [0.15, 0.2) is 23.5 Å². The van der Waals surface area contributed by atoms with Crippen LogP contribution >= 0.6 is 12.9 Å². The molecule has 0 spiro atoms. The van der Waals surface area contributed by atoms with E-state index in [1.807, 2.05) is 6.08 Å². The smallest absolute Gasteiger partial charge is 0.114 e. The van der Waals surface area contributed by atoms with Gasteiger partial charge in [0.15, 0.2) is 0 Å². The van der Waals surface area contributed by atoms with E-state index in [2.05, 4.69) is 25.9 Å². The predicted octanol–water partition coefficient (Wildman–Crippen LogP) is 2.47. The Kier molecular flexibility index (Phi) is 2.22. The van der Waals surface area contributed by atoms with Gasteiger partial charge < -0.3 is 4.18 Å². The van der Waals surface area contributed by atoms with Crippen LogP contribution in [-0.2, 0) is 4.18 Å². The average molecular weight is 142 g/mol. The first-order valence-electron chi connectivity index (χ1n) is 3.00. The third-order valence-electron chi connectivity index (χ3n) is 1.44. The third kappa shape index (κ3) is 1.79. The van der Waals surface area contributed by atoms with Crippen molar-refractivity contribution in [2.24, 2.45) is 0 Å². The fourth-order valence-corrected chi connectivity index (χ4v) is 0.950. The fraction of sp³-hybridized carbons (Fsp3) is 0.429. The molecule has 0 N–H and O–H groups in total. The molecule has 0 saturated carbocycles. The highest BCUT2D eigenvalue weighted by atomic mass is 32.1. The maximum atomic E-state index is 4.75. The Morgan fingerprint density at radius 3 is 2.67 bits per heavy atom. The number of thiol groups is 1. The van der Waals surface area contributed by atoms with Crippen molar-refractivity contribution in [2.75, 3.05) is 0 Å². The van der Waals surface area contributed by atoms with Gasteiger partial charge in [0.1, 0.15) is 5.76 Å². The van der Waals surface area contributed by atoms with Gasteiger partial charge in [-0.15, -0.1) is 0 Å². The van der Waals surface area contributed by atoms with Crippen LogP contribution in [0.2, 0.25) is 0 Å². The largest absolute Gasteiger partial charge is 0.433 e. The normalized spacial score (nSPS) is 18.4. The summed E-state index contributed by atoms with van der Waals surface area (Å²) in [5.41, 5.74) is 1.41. The molecule has 0 radical (unpaired) electrons. The maximum Gasteiger partial charge on any atom is 0.114 e. The van der Waals surface area contributed by atoms with Crippen LogP contribution in [0.4, 0.5) is 0 Å². The van der Waals surface area contributed by atoms with E-state index in [0.717, 1.165) is 18.6 Å². The summed E-state index contributed by atoms with van der Waals surface area (Å²) in [6.45, 7) is 2.12. The van der Waals surface area contributed by atoms with Crippen LogP contribution in [0.25, 0.3) is 0 Å². The van der Waals surface area contributed by atoms with Crippen molar-refractivity contribution in [1.82, 2.24) is 0 Å². The van der Waals surface area contributed by atoms with E-state index < -0.39 is 0 Å². The fourth-order valence-electron chi connectivity index (χ4n) is 0.798.